The van der Waals surface area contributed by atoms with Gasteiger partial charge in [0.15, 0.2) is 0 Å². The van der Waals surface area contributed by atoms with Crippen LogP contribution in [0.3, 0.4) is 0 Å². The predicted octanol–water partition coefficient (Wildman–Crippen LogP) is 3.55. The number of benzene rings is 1. The molecule has 0 aromatic heterocycles. The van der Waals surface area contributed by atoms with E-state index in [-0.39, 0.29) is 5.82 Å². The van der Waals surface area contributed by atoms with Crippen molar-refractivity contribution < 1.29 is 4.39 Å². The quantitative estimate of drug-likeness (QED) is 0.881. The van der Waals surface area contributed by atoms with Gasteiger partial charge in [-0.15, -0.1) is 0 Å². The lowest BCUT2D eigenvalue weighted by atomic mass is 9.97. The van der Waals surface area contributed by atoms with E-state index >= 15 is 0 Å². The molecule has 2 nitrogen and oxygen atoms in total. The normalized spacial score (nSPS) is 20.6. The SMILES string of the molecule is Fc1ccc(CN(CC2CCNCC2)C2CC2)cc1Br. The van der Waals surface area contributed by atoms with Crippen molar-refractivity contribution in [3.05, 3.63) is 34.1 Å². The first-order chi connectivity index (χ1) is 9.72. The zero-order valence-corrected chi connectivity index (χ0v) is 13.3. The van der Waals surface area contributed by atoms with Crippen LogP contribution in [0, 0.1) is 11.7 Å². The summed E-state index contributed by atoms with van der Waals surface area (Å²) in [6, 6.07) is 6.16. The molecule has 1 N–H and O–H groups in total. The van der Waals surface area contributed by atoms with E-state index in [0.717, 1.165) is 31.6 Å². The molecule has 1 saturated heterocycles. The second kappa shape index (κ2) is 6.54. The Morgan fingerprint density at radius 1 is 1.20 bits per heavy atom. The van der Waals surface area contributed by atoms with E-state index in [9.17, 15) is 4.39 Å². The highest BCUT2D eigenvalue weighted by Gasteiger charge is 2.30. The van der Waals surface area contributed by atoms with Gasteiger partial charge >= 0.3 is 0 Å². The van der Waals surface area contributed by atoms with Gasteiger partial charge in [-0.1, -0.05) is 6.07 Å². The Kier molecular flexibility index (Phi) is 4.74. The first-order valence-electron chi connectivity index (χ1n) is 7.61. The molecular formula is C16H22BrFN2. The molecule has 1 aromatic rings. The fraction of sp³-hybridized carbons (Fsp3) is 0.625. The third kappa shape index (κ3) is 3.80. The molecule has 20 heavy (non-hydrogen) atoms. The van der Waals surface area contributed by atoms with Gasteiger partial charge in [-0.2, -0.15) is 0 Å². The molecule has 1 heterocycles. The van der Waals surface area contributed by atoms with Crippen LogP contribution in [0.25, 0.3) is 0 Å². The van der Waals surface area contributed by atoms with E-state index in [1.807, 2.05) is 12.1 Å². The minimum absolute atomic E-state index is 0.176. The standard InChI is InChI=1S/C16H22BrFN2/c17-15-9-13(1-4-16(15)18)11-20(14-2-3-14)10-12-5-7-19-8-6-12/h1,4,9,12,14,19H,2-3,5-8,10-11H2. The summed E-state index contributed by atoms with van der Waals surface area (Å²) in [6.45, 7) is 4.46. The molecule has 0 radical (unpaired) electrons. The highest BCUT2D eigenvalue weighted by atomic mass is 79.9. The number of halogens is 2. The summed E-state index contributed by atoms with van der Waals surface area (Å²) < 4.78 is 13.9. The summed E-state index contributed by atoms with van der Waals surface area (Å²) in [6.07, 6.45) is 5.23. The average molecular weight is 341 g/mol. The number of hydrogen-bond acceptors (Lipinski definition) is 2. The summed E-state index contributed by atoms with van der Waals surface area (Å²) in [4.78, 5) is 2.61. The molecule has 0 bridgehead atoms. The van der Waals surface area contributed by atoms with Crippen molar-refractivity contribution in [1.82, 2.24) is 10.2 Å². The van der Waals surface area contributed by atoms with Crippen molar-refractivity contribution in [2.24, 2.45) is 5.92 Å². The minimum atomic E-state index is -0.176. The number of hydrogen-bond donors (Lipinski definition) is 1. The van der Waals surface area contributed by atoms with Crippen LogP contribution in [0.1, 0.15) is 31.2 Å². The van der Waals surface area contributed by atoms with Crippen molar-refractivity contribution in [3.8, 4) is 0 Å². The topological polar surface area (TPSA) is 15.3 Å². The molecule has 0 spiro atoms. The Hall–Kier alpha value is -0.450. The summed E-state index contributed by atoms with van der Waals surface area (Å²) >= 11 is 3.29. The molecular weight excluding hydrogens is 319 g/mol. The average Bonchev–Trinajstić information content (AvgIpc) is 3.28. The van der Waals surface area contributed by atoms with Gasteiger partial charge in [-0.05, 0) is 78.3 Å². The molecule has 110 valence electrons. The highest BCUT2D eigenvalue weighted by Crippen LogP contribution is 2.31. The molecule has 0 atom stereocenters. The maximum Gasteiger partial charge on any atom is 0.137 e. The second-order valence-electron chi connectivity index (χ2n) is 6.10. The van der Waals surface area contributed by atoms with Gasteiger partial charge in [0, 0.05) is 19.1 Å². The van der Waals surface area contributed by atoms with Crippen LogP contribution in [-0.2, 0) is 6.54 Å². The summed E-state index contributed by atoms with van der Waals surface area (Å²) in [7, 11) is 0. The molecule has 3 rings (SSSR count). The molecule has 2 aliphatic rings. The number of nitrogens with one attached hydrogen (secondary N) is 1. The molecule has 2 fully saturated rings. The third-order valence-electron chi connectivity index (χ3n) is 4.38. The van der Waals surface area contributed by atoms with Crippen LogP contribution < -0.4 is 5.32 Å². The largest absolute Gasteiger partial charge is 0.317 e. The fourth-order valence-corrected chi connectivity index (χ4v) is 3.48. The Labute approximate surface area is 128 Å². The number of piperidine rings is 1. The molecule has 0 unspecified atom stereocenters. The lowest BCUT2D eigenvalue weighted by molar-refractivity contribution is 0.190. The first-order valence-corrected chi connectivity index (χ1v) is 8.40. The smallest absolute Gasteiger partial charge is 0.137 e. The van der Waals surface area contributed by atoms with Gasteiger partial charge < -0.3 is 5.32 Å². The maximum absolute atomic E-state index is 13.3. The Morgan fingerprint density at radius 3 is 2.60 bits per heavy atom. The van der Waals surface area contributed by atoms with E-state index in [4.69, 9.17) is 0 Å². The zero-order valence-electron chi connectivity index (χ0n) is 11.7. The van der Waals surface area contributed by atoms with E-state index in [0.29, 0.717) is 4.47 Å². The lowest BCUT2D eigenvalue weighted by Gasteiger charge is -2.30. The molecule has 4 heteroatoms. The minimum Gasteiger partial charge on any atom is -0.317 e. The van der Waals surface area contributed by atoms with Gasteiger partial charge in [0.25, 0.3) is 0 Å². The molecule has 1 aliphatic heterocycles. The van der Waals surface area contributed by atoms with Crippen LogP contribution in [0.5, 0.6) is 0 Å². The first kappa shape index (κ1) is 14.5. The third-order valence-corrected chi connectivity index (χ3v) is 4.99. The van der Waals surface area contributed by atoms with Crippen molar-refractivity contribution >= 4 is 15.9 Å². The molecule has 0 amide bonds. The number of nitrogens with zero attached hydrogens (tertiary/aromatic N) is 1. The molecule has 1 aromatic carbocycles. The second-order valence-corrected chi connectivity index (χ2v) is 6.96. The van der Waals surface area contributed by atoms with Gasteiger partial charge in [-0.25, -0.2) is 4.39 Å². The van der Waals surface area contributed by atoms with E-state index < -0.39 is 0 Å². The van der Waals surface area contributed by atoms with Crippen LogP contribution in [-0.4, -0.2) is 30.6 Å². The summed E-state index contributed by atoms with van der Waals surface area (Å²) in [5, 5.41) is 3.43. The van der Waals surface area contributed by atoms with Crippen LogP contribution in [0.2, 0.25) is 0 Å². The van der Waals surface area contributed by atoms with E-state index in [1.54, 1.807) is 6.07 Å². The van der Waals surface area contributed by atoms with E-state index in [1.165, 1.54) is 37.8 Å². The predicted molar refractivity (Wildman–Crippen MR) is 83.1 cm³/mol. The van der Waals surface area contributed by atoms with Gasteiger partial charge in [-0.3, -0.25) is 4.90 Å². The Morgan fingerprint density at radius 2 is 1.95 bits per heavy atom. The monoisotopic (exact) mass is 340 g/mol. The van der Waals surface area contributed by atoms with Crippen LogP contribution >= 0.6 is 15.9 Å². The number of rotatable bonds is 5. The zero-order chi connectivity index (χ0) is 13.9. The fourth-order valence-electron chi connectivity index (χ4n) is 3.05. The van der Waals surface area contributed by atoms with Gasteiger partial charge in [0.05, 0.1) is 4.47 Å². The maximum atomic E-state index is 13.3. The highest BCUT2D eigenvalue weighted by molar-refractivity contribution is 9.10. The Balaban J connectivity index is 1.62. The lowest BCUT2D eigenvalue weighted by Crippen LogP contribution is -2.37. The van der Waals surface area contributed by atoms with Crippen molar-refractivity contribution in [3.63, 3.8) is 0 Å². The Bertz CT molecular complexity index is 456. The van der Waals surface area contributed by atoms with E-state index in [2.05, 4.69) is 26.1 Å². The van der Waals surface area contributed by atoms with Crippen molar-refractivity contribution in [2.75, 3.05) is 19.6 Å². The summed E-state index contributed by atoms with van der Waals surface area (Å²) in [5.41, 5.74) is 1.21. The van der Waals surface area contributed by atoms with Crippen LogP contribution in [0.4, 0.5) is 4.39 Å². The molecule has 1 saturated carbocycles. The van der Waals surface area contributed by atoms with Crippen molar-refractivity contribution in [2.45, 2.75) is 38.3 Å². The van der Waals surface area contributed by atoms with Gasteiger partial charge in [0.2, 0.25) is 0 Å². The summed E-state index contributed by atoms with van der Waals surface area (Å²) in [5.74, 6) is 0.644. The van der Waals surface area contributed by atoms with Gasteiger partial charge in [0.1, 0.15) is 5.82 Å². The molecule has 1 aliphatic carbocycles. The van der Waals surface area contributed by atoms with Crippen molar-refractivity contribution in [1.29, 1.82) is 0 Å². The van der Waals surface area contributed by atoms with Crippen LogP contribution in [0.15, 0.2) is 22.7 Å².